The average molecular weight is 1760 g/mol. The largest absolute Gasteiger partial charge is 0.488 e. The van der Waals surface area contributed by atoms with Crippen LogP contribution in [0.25, 0.3) is 28.2 Å². The van der Waals surface area contributed by atoms with Crippen LogP contribution >= 0.6 is 75.3 Å². The van der Waals surface area contributed by atoms with Gasteiger partial charge in [0.05, 0.1) is 69.5 Å². The van der Waals surface area contributed by atoms with Crippen LogP contribution in [-0.2, 0) is 63.6 Å². The molecule has 0 fully saturated rings. The van der Waals surface area contributed by atoms with Gasteiger partial charge in [-0.3, -0.25) is 39.3 Å². The van der Waals surface area contributed by atoms with Gasteiger partial charge in [0.25, 0.3) is 0 Å². The van der Waals surface area contributed by atoms with Gasteiger partial charge in [-0.2, -0.15) is 4.40 Å². The van der Waals surface area contributed by atoms with Crippen molar-refractivity contribution in [1.29, 1.82) is 0 Å². The first-order chi connectivity index (χ1) is 48.2. The first-order valence-electron chi connectivity index (χ1n) is 31.3. The lowest BCUT2D eigenvalue weighted by Crippen LogP contribution is -2.32. The summed E-state index contributed by atoms with van der Waals surface area (Å²) in [7, 11) is -5.88. The van der Waals surface area contributed by atoms with Gasteiger partial charge in [-0.25, -0.2) is 51.2 Å². The summed E-state index contributed by atoms with van der Waals surface area (Å²) in [5.41, 5.74) is 18.0. The van der Waals surface area contributed by atoms with E-state index in [4.69, 9.17) is 32.5 Å². The Morgan fingerprint density at radius 1 is 0.524 bits per heavy atom. The van der Waals surface area contributed by atoms with Crippen molar-refractivity contribution in [2.24, 2.45) is 15.3 Å². The molecule has 103 heavy (non-hydrogen) atoms. The number of hydrogen-bond donors (Lipinski definition) is 6. The molecule has 0 aliphatic carbocycles. The van der Waals surface area contributed by atoms with Crippen molar-refractivity contribution in [3.63, 3.8) is 0 Å². The Kier molecular flexibility index (Phi) is 40.1. The molecule has 0 spiro atoms. The summed E-state index contributed by atoms with van der Waals surface area (Å²) < 4.78 is 59.5. The van der Waals surface area contributed by atoms with E-state index in [9.17, 15) is 21.6 Å². The predicted molar refractivity (Wildman–Crippen MR) is 435 cm³/mol. The summed E-state index contributed by atoms with van der Waals surface area (Å²) in [4.78, 5) is 51.0. The summed E-state index contributed by atoms with van der Waals surface area (Å²) in [6.07, 6.45) is 21.1. The third kappa shape index (κ3) is 36.6. The Hall–Kier alpha value is -6.21. The molecule has 0 aromatic carbocycles. The van der Waals surface area contributed by atoms with E-state index in [-0.39, 0.29) is 19.0 Å². The van der Waals surface area contributed by atoms with E-state index < -0.39 is 51.1 Å². The van der Waals surface area contributed by atoms with Crippen LogP contribution in [0.3, 0.4) is 0 Å². The predicted octanol–water partition coefficient (Wildman–Crippen LogP) is 13.3. The van der Waals surface area contributed by atoms with Gasteiger partial charge < -0.3 is 15.8 Å². The highest BCUT2D eigenvalue weighted by Gasteiger charge is 2.21. The maximum Gasteiger partial charge on any atom is 0.488 e. The molecule has 8 N–H and O–H groups in total. The van der Waals surface area contributed by atoms with Gasteiger partial charge >= 0.3 is 7.12 Å². The molecule has 4 unspecified atom stereocenters. The maximum absolute atomic E-state index is 11.9. The van der Waals surface area contributed by atoms with Crippen molar-refractivity contribution in [2.45, 2.75) is 142 Å². The molecule has 0 aliphatic heterocycles. The van der Waals surface area contributed by atoms with E-state index in [1.54, 1.807) is 87.0 Å². The zero-order chi connectivity index (χ0) is 77.3. The highest BCUT2D eigenvalue weighted by molar-refractivity contribution is 9.11. The second kappa shape index (κ2) is 45.3. The fourth-order valence-electron chi connectivity index (χ4n) is 6.84. The van der Waals surface area contributed by atoms with Crippen LogP contribution in [0.15, 0.2) is 188 Å². The van der Waals surface area contributed by atoms with Crippen LogP contribution in [0.2, 0.25) is 5.15 Å². The number of carbonyl (C=O) groups is 1. The molecular formula is C70H88BBr4ClN16O7S4. The second-order valence-corrected chi connectivity index (χ2v) is 37.1. The number of aromatic nitrogens is 11. The fourth-order valence-corrected chi connectivity index (χ4v) is 10.1. The molecule has 4 atom stereocenters. The number of halogens is 5. The molecule has 0 saturated carbocycles. The van der Waals surface area contributed by atoms with Gasteiger partial charge in [-0.15, -0.1) is 0 Å². The topological polar surface area (TPSA) is 348 Å². The van der Waals surface area contributed by atoms with Crippen molar-refractivity contribution < 1.29 is 31.7 Å². The standard InChI is InChI=1S/C16H21N3OS.C12H13N3.C10H15BrN2OS.C10H13BrN2OS.C6H8BNO2.C6H3BrClN3.C6H4BrNO.C4H11NOS/c1-12-9-14(7-8-17-12)15-6-5-13(10-18-15)11-19-21(20)16(2,3)4;1-9-6-11(4-5-14-9)12-3-2-10(7-13)8-15-12;2*1-10(2,3)15(14)13-7-8-4-5-9(11)12-6-8;1-5-4-6(7(9)10)2-3-8-5;7-4-3-10-6-5(8)9-1-2-11(4)6;7-6-2-1-5(4-9)3-8-6;1-4(2,3)7(5)6/h5-10,19H,11H2,1-4H3;2-6,8H,7,13H2,1H3;4-6,13H,7H2,1-3H3;4-7H,1-3H3;2-4,9-10H,1H3;1-3H;1-4H;5H2,1-3H3. The molecule has 10 aromatic heterocycles. The SMILES string of the molecule is CC(C)(C)S(=O)N=Cc1ccc(Br)nc1.CC(C)(C)S(=O)NCc1ccc(Br)nc1.CC(C)(C)S(N)=O.Cc1cc(-c2ccc(CN)cn2)ccn1.Cc1cc(-c2ccc(CNS(=O)C(C)(C)C)cn2)ccn1.Cc1cc(B(O)O)ccn1.Clc1nccn2c(Br)cnc12.O=Cc1ccc(Br)nc1. The number of nitrogens with one attached hydrogen (secondary N) is 2. The average Bonchev–Trinajstić information content (AvgIpc) is 1.71. The molecule has 23 nitrogen and oxygen atoms in total. The zero-order valence-corrected chi connectivity index (χ0v) is 70.3. The van der Waals surface area contributed by atoms with Gasteiger partial charge in [-0.1, -0.05) is 29.8 Å². The molecule has 10 heterocycles. The van der Waals surface area contributed by atoms with Gasteiger partial charge in [-0.05, 0) is 269 Å². The molecule has 33 heteroatoms. The highest BCUT2D eigenvalue weighted by Crippen LogP contribution is 2.21. The minimum absolute atomic E-state index is 0.233. The number of nitrogens with zero attached hydrogens (tertiary/aromatic N) is 12. The van der Waals surface area contributed by atoms with E-state index in [0.29, 0.717) is 41.5 Å². The normalized spacial score (nSPS) is 12.3. The van der Waals surface area contributed by atoms with Crippen LogP contribution in [0, 0.1) is 20.8 Å². The summed E-state index contributed by atoms with van der Waals surface area (Å²) in [5.74, 6) is 0. The first-order valence-corrected chi connectivity index (χ1v) is 39.5. The lowest BCUT2D eigenvalue weighted by molar-refractivity contribution is 0.112. The van der Waals surface area contributed by atoms with Crippen LogP contribution < -0.4 is 25.8 Å². The zero-order valence-electron chi connectivity index (χ0n) is 59.9. The quantitative estimate of drug-likeness (QED) is 0.0270. The number of rotatable bonds is 13. The molecule has 552 valence electrons. The van der Waals surface area contributed by atoms with Crippen LogP contribution in [0.5, 0.6) is 0 Å². The number of aldehydes is 1. The van der Waals surface area contributed by atoms with E-state index in [2.05, 4.69) is 127 Å². The van der Waals surface area contributed by atoms with Crippen LogP contribution in [0.1, 0.15) is 133 Å². The molecule has 0 aliphatic rings. The Bertz CT molecular complexity index is 4350. The number of carbonyl (C=O) groups excluding carboxylic acids is 1. The Balaban J connectivity index is 0.000000312. The number of hydrogen-bond acceptors (Lipinski definition) is 18. The third-order valence-corrected chi connectivity index (χ3v) is 20.5. The number of fused-ring (bicyclic) bond motifs is 1. The minimum atomic E-state index is -1.39. The Labute approximate surface area is 653 Å². The maximum atomic E-state index is 11.9. The van der Waals surface area contributed by atoms with Crippen LogP contribution in [0.4, 0.5) is 0 Å². The van der Waals surface area contributed by atoms with E-state index in [1.807, 2.05) is 187 Å². The summed E-state index contributed by atoms with van der Waals surface area (Å²) in [5, 5.41) is 22.8. The third-order valence-electron chi connectivity index (χ3n) is 12.6. The van der Waals surface area contributed by atoms with Crippen molar-refractivity contribution in [3.05, 3.63) is 234 Å². The molecule has 0 saturated heterocycles. The summed E-state index contributed by atoms with van der Waals surface area (Å²) >= 11 is 18.7. The van der Waals surface area contributed by atoms with Gasteiger partial charge in [0, 0.05) is 127 Å². The summed E-state index contributed by atoms with van der Waals surface area (Å²) in [6.45, 7) is 30.2. The highest BCUT2D eigenvalue weighted by atomic mass is 79.9. The van der Waals surface area contributed by atoms with Crippen molar-refractivity contribution >= 4 is 150 Å². The van der Waals surface area contributed by atoms with Crippen molar-refractivity contribution in [3.8, 4) is 22.5 Å². The number of aryl methyl sites for hydroxylation is 3. The monoisotopic (exact) mass is 1750 g/mol. The fraction of sp³-hybridized carbons (Fsp3) is 0.314. The molecular weight excluding hydrogens is 1670 g/mol. The lowest BCUT2D eigenvalue weighted by atomic mass is 9.81. The van der Waals surface area contributed by atoms with E-state index >= 15 is 0 Å². The van der Waals surface area contributed by atoms with E-state index in [1.165, 1.54) is 6.20 Å². The second-order valence-electron chi connectivity index (χ2n) is 25.6. The lowest BCUT2D eigenvalue weighted by Gasteiger charge is -2.18. The van der Waals surface area contributed by atoms with Crippen LogP contribution in [-0.4, -0.2) is 120 Å². The number of imidazole rings is 1. The Morgan fingerprint density at radius 2 is 0.951 bits per heavy atom. The first kappa shape index (κ1) is 91.0. The van der Waals surface area contributed by atoms with Crippen molar-refractivity contribution in [1.82, 2.24) is 63.7 Å². The Morgan fingerprint density at radius 3 is 1.30 bits per heavy atom. The molecule has 0 amide bonds. The van der Waals surface area contributed by atoms with Gasteiger partial charge in [0.2, 0.25) is 0 Å². The molecule has 10 rings (SSSR count). The molecule has 0 radical (unpaired) electrons. The summed E-state index contributed by atoms with van der Waals surface area (Å²) in [6, 6.07) is 30.0. The van der Waals surface area contributed by atoms with Crippen molar-refractivity contribution in [2.75, 3.05) is 0 Å². The molecule has 0 bridgehead atoms. The van der Waals surface area contributed by atoms with Gasteiger partial charge in [0.15, 0.2) is 17.1 Å². The smallest absolute Gasteiger partial charge is 0.423 e. The minimum Gasteiger partial charge on any atom is -0.423 e. The van der Waals surface area contributed by atoms with Gasteiger partial charge in [0.1, 0.15) is 29.4 Å². The number of pyridine rings is 8. The van der Waals surface area contributed by atoms with E-state index in [0.717, 1.165) is 86.5 Å². The molecule has 10 aromatic rings. The number of nitrogens with two attached hydrogens (primary N) is 2.